The normalized spacial score (nSPS) is 14.7. The molecule has 4 heteroatoms. The number of H-pyrrole nitrogens is 1. The van der Waals surface area contributed by atoms with E-state index in [4.69, 9.17) is 5.11 Å². The molecule has 24 heavy (non-hydrogen) atoms. The van der Waals surface area contributed by atoms with Crippen LogP contribution in [0.3, 0.4) is 0 Å². The summed E-state index contributed by atoms with van der Waals surface area (Å²) in [5.41, 5.74) is 5.90. The molecule has 122 valence electrons. The maximum atomic E-state index is 11.0. The van der Waals surface area contributed by atoms with Gasteiger partial charge in [-0.1, -0.05) is 36.4 Å². The Balaban J connectivity index is 1.62. The Hall–Kier alpha value is -2.59. The molecule has 2 N–H and O–H groups in total. The van der Waals surface area contributed by atoms with E-state index in [-0.39, 0.29) is 6.42 Å². The molecule has 2 heterocycles. The van der Waals surface area contributed by atoms with E-state index in [1.807, 2.05) is 24.3 Å². The van der Waals surface area contributed by atoms with Crippen molar-refractivity contribution in [3.63, 3.8) is 0 Å². The molecule has 0 unspecified atom stereocenters. The van der Waals surface area contributed by atoms with Crippen molar-refractivity contribution in [3.05, 3.63) is 70.9 Å². The molecule has 1 aliphatic rings. The summed E-state index contributed by atoms with van der Waals surface area (Å²) in [6.07, 6.45) is 1.08. The van der Waals surface area contributed by atoms with E-state index in [9.17, 15) is 4.79 Å². The molecule has 0 radical (unpaired) electrons. The summed E-state index contributed by atoms with van der Waals surface area (Å²) in [7, 11) is 0. The van der Waals surface area contributed by atoms with Gasteiger partial charge >= 0.3 is 5.97 Å². The monoisotopic (exact) mass is 320 g/mol. The molecule has 0 bridgehead atoms. The summed E-state index contributed by atoms with van der Waals surface area (Å²) in [6.45, 7) is 2.89. The molecule has 0 saturated carbocycles. The zero-order valence-corrected chi connectivity index (χ0v) is 13.5. The van der Waals surface area contributed by atoms with Gasteiger partial charge in [0.15, 0.2) is 0 Å². The molecular weight excluding hydrogens is 300 g/mol. The number of fused-ring (bicyclic) bond motifs is 3. The van der Waals surface area contributed by atoms with Crippen molar-refractivity contribution in [1.29, 1.82) is 0 Å². The van der Waals surface area contributed by atoms with Crippen LogP contribution in [0.25, 0.3) is 10.9 Å². The molecule has 4 rings (SSSR count). The van der Waals surface area contributed by atoms with Crippen LogP contribution in [0.5, 0.6) is 0 Å². The maximum absolute atomic E-state index is 11.0. The third-order valence-electron chi connectivity index (χ3n) is 4.72. The smallest absolute Gasteiger partial charge is 0.307 e. The van der Waals surface area contributed by atoms with E-state index in [0.717, 1.165) is 37.1 Å². The van der Waals surface area contributed by atoms with Crippen LogP contribution in [0, 0.1) is 0 Å². The largest absolute Gasteiger partial charge is 0.481 e. The number of nitrogens with zero attached hydrogens (tertiary/aromatic N) is 1. The first-order valence-electron chi connectivity index (χ1n) is 8.29. The molecule has 1 aliphatic heterocycles. The van der Waals surface area contributed by atoms with Gasteiger partial charge in [-0.2, -0.15) is 0 Å². The number of benzene rings is 2. The number of carbonyl (C=O) groups is 1. The Kier molecular flexibility index (Phi) is 3.82. The van der Waals surface area contributed by atoms with E-state index in [2.05, 4.69) is 34.1 Å². The molecule has 0 saturated heterocycles. The van der Waals surface area contributed by atoms with Gasteiger partial charge in [-0.3, -0.25) is 9.69 Å². The number of carboxylic acid groups (broad SMARTS) is 1. The Morgan fingerprint density at radius 2 is 1.96 bits per heavy atom. The number of nitrogens with one attached hydrogen (secondary N) is 1. The summed E-state index contributed by atoms with van der Waals surface area (Å²) in [6, 6.07) is 16.5. The van der Waals surface area contributed by atoms with Crippen LogP contribution in [0.1, 0.15) is 22.4 Å². The highest BCUT2D eigenvalue weighted by Gasteiger charge is 2.21. The molecule has 4 nitrogen and oxygen atoms in total. The second-order valence-electron chi connectivity index (χ2n) is 6.48. The Morgan fingerprint density at radius 1 is 1.12 bits per heavy atom. The van der Waals surface area contributed by atoms with Crippen LogP contribution < -0.4 is 0 Å². The number of hydrogen-bond acceptors (Lipinski definition) is 2. The maximum Gasteiger partial charge on any atom is 0.307 e. The number of aromatic amines is 1. The van der Waals surface area contributed by atoms with Crippen LogP contribution >= 0.6 is 0 Å². The van der Waals surface area contributed by atoms with Crippen molar-refractivity contribution in [2.24, 2.45) is 0 Å². The fourth-order valence-electron chi connectivity index (χ4n) is 3.58. The number of carboxylic acids is 1. The molecule has 0 fully saturated rings. The summed E-state index contributed by atoms with van der Waals surface area (Å²) in [5, 5.41) is 10.2. The van der Waals surface area contributed by atoms with Crippen LogP contribution in [0.4, 0.5) is 0 Å². The highest BCUT2D eigenvalue weighted by atomic mass is 16.4. The fraction of sp³-hybridized carbons (Fsp3) is 0.250. The molecular formula is C20H20N2O2. The van der Waals surface area contributed by atoms with Gasteiger partial charge in [0.2, 0.25) is 0 Å². The highest BCUT2D eigenvalue weighted by molar-refractivity contribution is 5.86. The average molecular weight is 320 g/mol. The minimum atomic E-state index is -0.788. The number of hydrogen-bond donors (Lipinski definition) is 2. The SMILES string of the molecule is O=C(O)Cc1ccc2[nH]c3c(c2c1)CN(Cc1ccccc1)CC3. The van der Waals surface area contributed by atoms with Crippen molar-refractivity contribution in [3.8, 4) is 0 Å². The fourth-order valence-corrected chi connectivity index (χ4v) is 3.58. The lowest BCUT2D eigenvalue weighted by Gasteiger charge is -2.27. The third-order valence-corrected chi connectivity index (χ3v) is 4.72. The average Bonchev–Trinajstić information content (AvgIpc) is 2.93. The molecule has 2 aromatic carbocycles. The van der Waals surface area contributed by atoms with E-state index >= 15 is 0 Å². The first-order valence-corrected chi connectivity index (χ1v) is 8.29. The van der Waals surface area contributed by atoms with Gasteiger partial charge in [0, 0.05) is 42.7 Å². The van der Waals surface area contributed by atoms with Crippen molar-refractivity contribution < 1.29 is 9.90 Å². The zero-order chi connectivity index (χ0) is 16.5. The molecule has 0 spiro atoms. The van der Waals surface area contributed by atoms with Crippen molar-refractivity contribution in [1.82, 2.24) is 9.88 Å². The van der Waals surface area contributed by atoms with Crippen LogP contribution in [0.15, 0.2) is 48.5 Å². The van der Waals surface area contributed by atoms with Gasteiger partial charge in [0.1, 0.15) is 0 Å². The molecule has 3 aromatic rings. The van der Waals surface area contributed by atoms with Crippen molar-refractivity contribution >= 4 is 16.9 Å². The first kappa shape index (κ1) is 15.0. The van der Waals surface area contributed by atoms with Gasteiger partial charge in [0.25, 0.3) is 0 Å². The van der Waals surface area contributed by atoms with Crippen LogP contribution in [-0.4, -0.2) is 27.5 Å². The van der Waals surface area contributed by atoms with Crippen LogP contribution in [0.2, 0.25) is 0 Å². The topological polar surface area (TPSA) is 56.3 Å². The van der Waals surface area contributed by atoms with Gasteiger partial charge in [-0.15, -0.1) is 0 Å². The van der Waals surface area contributed by atoms with Crippen LogP contribution in [-0.2, 0) is 30.7 Å². The number of rotatable bonds is 4. The number of aromatic nitrogens is 1. The summed E-state index contributed by atoms with van der Waals surface area (Å²) >= 11 is 0. The van der Waals surface area contributed by atoms with Gasteiger partial charge in [-0.05, 0) is 28.8 Å². The van der Waals surface area contributed by atoms with E-state index < -0.39 is 5.97 Å². The van der Waals surface area contributed by atoms with Gasteiger partial charge in [-0.25, -0.2) is 0 Å². The quantitative estimate of drug-likeness (QED) is 0.775. The van der Waals surface area contributed by atoms with Gasteiger partial charge < -0.3 is 10.1 Å². The molecule has 1 aromatic heterocycles. The summed E-state index contributed by atoms with van der Waals surface area (Å²) in [4.78, 5) is 16.9. The Morgan fingerprint density at radius 3 is 2.75 bits per heavy atom. The number of aliphatic carboxylic acids is 1. The third kappa shape index (κ3) is 2.93. The predicted molar refractivity (Wildman–Crippen MR) is 93.9 cm³/mol. The lowest BCUT2D eigenvalue weighted by Crippen LogP contribution is -2.29. The molecule has 0 aliphatic carbocycles. The predicted octanol–water partition coefficient (Wildman–Crippen LogP) is 3.35. The Bertz CT molecular complexity index is 883. The first-order chi connectivity index (χ1) is 11.7. The van der Waals surface area contributed by atoms with Crippen molar-refractivity contribution in [2.45, 2.75) is 25.9 Å². The van der Waals surface area contributed by atoms with Crippen molar-refractivity contribution in [2.75, 3.05) is 6.54 Å². The van der Waals surface area contributed by atoms with E-state index in [1.54, 1.807) is 0 Å². The highest BCUT2D eigenvalue weighted by Crippen LogP contribution is 2.29. The summed E-state index contributed by atoms with van der Waals surface area (Å²) in [5.74, 6) is -0.788. The van der Waals surface area contributed by atoms with Gasteiger partial charge in [0.05, 0.1) is 6.42 Å². The molecule has 0 amide bonds. The lowest BCUT2D eigenvalue weighted by molar-refractivity contribution is -0.136. The Labute approximate surface area is 140 Å². The summed E-state index contributed by atoms with van der Waals surface area (Å²) < 4.78 is 0. The minimum Gasteiger partial charge on any atom is -0.481 e. The van der Waals surface area contributed by atoms with E-state index in [0.29, 0.717) is 0 Å². The second-order valence-corrected chi connectivity index (χ2v) is 6.48. The standard InChI is InChI=1S/C20H20N2O2/c23-20(24)11-15-6-7-18-16(10-15)17-13-22(9-8-19(17)21-18)12-14-4-2-1-3-5-14/h1-7,10,21H,8-9,11-13H2,(H,23,24). The zero-order valence-electron chi connectivity index (χ0n) is 13.5. The minimum absolute atomic E-state index is 0.0730. The second kappa shape index (κ2) is 6.13. The molecule has 0 atom stereocenters. The lowest BCUT2D eigenvalue weighted by atomic mass is 10.0. The van der Waals surface area contributed by atoms with E-state index in [1.165, 1.54) is 22.2 Å².